The Bertz CT molecular complexity index is 374. The van der Waals surface area contributed by atoms with E-state index in [1.165, 1.54) is 10.4 Å². The molecule has 15 heavy (non-hydrogen) atoms. The lowest BCUT2D eigenvalue weighted by Crippen LogP contribution is -2.38. The van der Waals surface area contributed by atoms with Crippen LogP contribution in [0.3, 0.4) is 0 Å². The molecule has 1 saturated carbocycles. The highest BCUT2D eigenvalue weighted by Crippen LogP contribution is 2.31. The Kier molecular flexibility index (Phi) is 2.56. The van der Waals surface area contributed by atoms with Crippen molar-refractivity contribution in [1.29, 1.82) is 0 Å². The minimum Gasteiger partial charge on any atom is -0.349 e. The highest BCUT2D eigenvalue weighted by Gasteiger charge is 2.38. The number of nitrogens with one attached hydrogen (secondary N) is 1. The molecule has 1 aliphatic rings. The summed E-state index contributed by atoms with van der Waals surface area (Å²) in [7, 11) is 0. The van der Waals surface area contributed by atoms with Gasteiger partial charge in [0.1, 0.15) is 0 Å². The number of rotatable bonds is 3. The third-order valence-electron chi connectivity index (χ3n) is 2.88. The zero-order valence-corrected chi connectivity index (χ0v) is 9.91. The average Bonchev–Trinajstić information content (AvgIpc) is 2.83. The fourth-order valence-corrected chi connectivity index (χ4v) is 2.32. The maximum atomic E-state index is 11.7. The molecule has 1 aromatic heterocycles. The molecule has 0 spiro atoms. The summed E-state index contributed by atoms with van der Waals surface area (Å²) in [5, 5.41) is 2.89. The molecule has 4 heteroatoms. The van der Waals surface area contributed by atoms with Gasteiger partial charge in [0.05, 0.1) is 4.88 Å². The van der Waals surface area contributed by atoms with Crippen molar-refractivity contribution in [3.63, 3.8) is 0 Å². The molecule has 1 aliphatic carbocycles. The van der Waals surface area contributed by atoms with Gasteiger partial charge in [-0.05, 0) is 38.3 Å². The highest BCUT2D eigenvalue weighted by molar-refractivity contribution is 7.14. The summed E-state index contributed by atoms with van der Waals surface area (Å²) < 4.78 is 0. The van der Waals surface area contributed by atoms with E-state index in [2.05, 4.69) is 5.32 Å². The molecule has 0 atom stereocenters. The lowest BCUT2D eigenvalue weighted by Gasteiger charge is -2.08. The van der Waals surface area contributed by atoms with Crippen molar-refractivity contribution in [3.8, 4) is 0 Å². The summed E-state index contributed by atoms with van der Waals surface area (Å²) >= 11 is 1.54. The van der Waals surface area contributed by atoms with Gasteiger partial charge in [-0.15, -0.1) is 11.3 Å². The molecule has 2 rings (SSSR count). The van der Waals surface area contributed by atoms with Gasteiger partial charge in [-0.1, -0.05) is 0 Å². The molecule has 0 aliphatic heterocycles. The van der Waals surface area contributed by atoms with E-state index < -0.39 is 0 Å². The van der Waals surface area contributed by atoms with Gasteiger partial charge >= 0.3 is 0 Å². The first-order valence-corrected chi connectivity index (χ1v) is 5.96. The summed E-state index contributed by atoms with van der Waals surface area (Å²) in [5.74, 6) is 0.00734. The van der Waals surface area contributed by atoms with Crippen molar-refractivity contribution < 1.29 is 4.79 Å². The van der Waals surface area contributed by atoms with Crippen molar-refractivity contribution in [1.82, 2.24) is 5.32 Å². The Morgan fingerprint density at radius 3 is 2.73 bits per heavy atom. The fourth-order valence-electron chi connectivity index (χ4n) is 1.37. The standard InChI is InChI=1S/C11H16N2OS/c1-7-5-9(15-8(7)2)10(14)13-6-11(12)3-4-11/h5H,3-4,6,12H2,1-2H3,(H,13,14). The van der Waals surface area contributed by atoms with E-state index in [1.807, 2.05) is 19.9 Å². The van der Waals surface area contributed by atoms with Gasteiger partial charge in [0.15, 0.2) is 0 Å². The van der Waals surface area contributed by atoms with E-state index in [1.54, 1.807) is 11.3 Å². The van der Waals surface area contributed by atoms with Crippen molar-refractivity contribution in [2.24, 2.45) is 5.73 Å². The maximum Gasteiger partial charge on any atom is 0.261 e. The van der Waals surface area contributed by atoms with Crippen LogP contribution in [0.25, 0.3) is 0 Å². The molecule has 1 aromatic rings. The third-order valence-corrected chi connectivity index (χ3v) is 4.03. The molecule has 0 radical (unpaired) electrons. The lowest BCUT2D eigenvalue weighted by molar-refractivity contribution is 0.0954. The number of amides is 1. The van der Waals surface area contributed by atoms with Gasteiger partial charge in [-0.25, -0.2) is 0 Å². The molecule has 0 bridgehead atoms. The molecular weight excluding hydrogens is 208 g/mol. The summed E-state index contributed by atoms with van der Waals surface area (Å²) in [4.78, 5) is 13.7. The van der Waals surface area contributed by atoms with Crippen LogP contribution in [0.15, 0.2) is 6.07 Å². The Balaban J connectivity index is 1.95. The van der Waals surface area contributed by atoms with Crippen molar-refractivity contribution in [3.05, 3.63) is 21.4 Å². The van der Waals surface area contributed by atoms with Crippen LogP contribution in [-0.4, -0.2) is 18.0 Å². The lowest BCUT2D eigenvalue weighted by atomic mass is 10.2. The fraction of sp³-hybridized carbons (Fsp3) is 0.545. The predicted octanol–water partition coefficient (Wildman–Crippen LogP) is 1.59. The second kappa shape index (κ2) is 3.61. The number of carbonyl (C=O) groups is 1. The number of nitrogens with two attached hydrogens (primary N) is 1. The van der Waals surface area contributed by atoms with Crippen LogP contribution in [0.1, 0.15) is 33.0 Å². The molecule has 82 valence electrons. The summed E-state index contributed by atoms with van der Waals surface area (Å²) in [6.45, 7) is 4.65. The Morgan fingerprint density at radius 2 is 2.27 bits per heavy atom. The van der Waals surface area contributed by atoms with Gasteiger partial charge in [0, 0.05) is 17.0 Å². The second-order valence-corrected chi connectivity index (χ2v) is 5.65. The summed E-state index contributed by atoms with van der Waals surface area (Å²) in [5.41, 5.74) is 6.96. The van der Waals surface area contributed by atoms with E-state index in [0.717, 1.165) is 17.7 Å². The average molecular weight is 224 g/mol. The van der Waals surface area contributed by atoms with E-state index in [4.69, 9.17) is 5.73 Å². The molecule has 1 fully saturated rings. The van der Waals surface area contributed by atoms with Crippen LogP contribution in [0.2, 0.25) is 0 Å². The van der Waals surface area contributed by atoms with E-state index in [9.17, 15) is 4.79 Å². The number of aryl methyl sites for hydroxylation is 2. The third kappa shape index (κ3) is 2.38. The first-order valence-electron chi connectivity index (χ1n) is 5.14. The van der Waals surface area contributed by atoms with E-state index in [-0.39, 0.29) is 11.4 Å². The van der Waals surface area contributed by atoms with Crippen molar-refractivity contribution in [2.45, 2.75) is 32.2 Å². The van der Waals surface area contributed by atoms with Gasteiger partial charge in [-0.3, -0.25) is 4.79 Å². The van der Waals surface area contributed by atoms with Crippen LogP contribution < -0.4 is 11.1 Å². The zero-order valence-electron chi connectivity index (χ0n) is 9.09. The smallest absolute Gasteiger partial charge is 0.261 e. The number of hydrogen-bond donors (Lipinski definition) is 2. The number of thiophene rings is 1. The van der Waals surface area contributed by atoms with Crippen molar-refractivity contribution >= 4 is 17.2 Å². The van der Waals surface area contributed by atoms with Gasteiger partial charge in [0.2, 0.25) is 0 Å². The minimum absolute atomic E-state index is 0.00734. The topological polar surface area (TPSA) is 55.1 Å². The summed E-state index contributed by atoms with van der Waals surface area (Å²) in [6, 6.07) is 1.94. The quantitative estimate of drug-likeness (QED) is 0.819. The largest absolute Gasteiger partial charge is 0.349 e. The number of carbonyl (C=O) groups excluding carboxylic acids is 1. The zero-order chi connectivity index (χ0) is 11.1. The first kappa shape index (κ1) is 10.6. The molecule has 1 amide bonds. The van der Waals surface area contributed by atoms with Crippen LogP contribution >= 0.6 is 11.3 Å². The predicted molar refractivity (Wildman–Crippen MR) is 62.3 cm³/mol. The van der Waals surface area contributed by atoms with Crippen LogP contribution in [0.5, 0.6) is 0 Å². The van der Waals surface area contributed by atoms with Crippen LogP contribution in [0.4, 0.5) is 0 Å². The van der Waals surface area contributed by atoms with Crippen LogP contribution in [-0.2, 0) is 0 Å². The monoisotopic (exact) mass is 224 g/mol. The molecule has 3 nitrogen and oxygen atoms in total. The molecule has 3 N–H and O–H groups in total. The molecule has 0 aromatic carbocycles. The minimum atomic E-state index is -0.114. The summed E-state index contributed by atoms with van der Waals surface area (Å²) in [6.07, 6.45) is 2.05. The second-order valence-electron chi connectivity index (χ2n) is 4.39. The maximum absolute atomic E-state index is 11.7. The molecule has 1 heterocycles. The SMILES string of the molecule is Cc1cc(C(=O)NCC2(N)CC2)sc1C. The molecular formula is C11H16N2OS. The molecule has 0 unspecified atom stereocenters. The van der Waals surface area contributed by atoms with Gasteiger partial charge in [0.25, 0.3) is 5.91 Å². The Labute approximate surface area is 93.7 Å². The highest BCUT2D eigenvalue weighted by atomic mass is 32.1. The van der Waals surface area contributed by atoms with Gasteiger partial charge < -0.3 is 11.1 Å². The van der Waals surface area contributed by atoms with Gasteiger partial charge in [-0.2, -0.15) is 0 Å². The first-order chi connectivity index (χ1) is 7.00. The van der Waals surface area contributed by atoms with E-state index in [0.29, 0.717) is 6.54 Å². The molecule has 0 saturated heterocycles. The van der Waals surface area contributed by atoms with E-state index >= 15 is 0 Å². The normalized spacial score (nSPS) is 17.5. The van der Waals surface area contributed by atoms with Crippen LogP contribution in [0, 0.1) is 13.8 Å². The number of hydrogen-bond acceptors (Lipinski definition) is 3. The van der Waals surface area contributed by atoms with Crippen molar-refractivity contribution in [2.75, 3.05) is 6.54 Å². The Hall–Kier alpha value is -0.870. The Morgan fingerprint density at radius 1 is 1.60 bits per heavy atom.